The summed E-state index contributed by atoms with van der Waals surface area (Å²) in [6, 6.07) is 5.88. The van der Waals surface area contributed by atoms with Crippen molar-refractivity contribution in [1.29, 1.82) is 0 Å². The summed E-state index contributed by atoms with van der Waals surface area (Å²) in [4.78, 5) is 0. The highest BCUT2D eigenvalue weighted by molar-refractivity contribution is 6.30. The van der Waals surface area contributed by atoms with E-state index in [1.165, 1.54) is 11.1 Å². The molecule has 0 radical (unpaired) electrons. The highest BCUT2D eigenvalue weighted by Crippen LogP contribution is 2.16. The number of nitrogens with zero attached hydrogens (tertiary/aromatic N) is 1. The molecule has 0 aromatic heterocycles. The van der Waals surface area contributed by atoms with Crippen LogP contribution in [-0.2, 0) is 6.54 Å². The molecule has 0 heterocycles. The van der Waals surface area contributed by atoms with Crippen LogP contribution in [0, 0.1) is 6.92 Å². The van der Waals surface area contributed by atoms with Gasteiger partial charge in [-0.3, -0.25) is 0 Å². The smallest absolute Gasteiger partial charge is 0.0408 e. The van der Waals surface area contributed by atoms with Crippen LogP contribution < -0.4 is 0 Å². The molecule has 1 rings (SSSR count). The van der Waals surface area contributed by atoms with Crippen LogP contribution in [0.3, 0.4) is 0 Å². The van der Waals surface area contributed by atoms with E-state index in [1.54, 1.807) is 0 Å². The minimum absolute atomic E-state index is 0.781. The van der Waals surface area contributed by atoms with Crippen LogP contribution in [0.1, 0.15) is 11.1 Å². The summed E-state index contributed by atoms with van der Waals surface area (Å²) >= 11 is 5.79. The number of halogens is 1. The summed E-state index contributed by atoms with van der Waals surface area (Å²) in [5.41, 5.74) is 2.46. The third-order valence-corrected chi connectivity index (χ3v) is 1.87. The first-order valence-electron chi connectivity index (χ1n) is 3.54. The van der Waals surface area contributed by atoms with Crippen molar-refractivity contribution in [2.24, 2.45) is 0 Å². The van der Waals surface area contributed by atoms with Gasteiger partial charge in [-0.1, -0.05) is 23.2 Å². The van der Waals surface area contributed by atoms with Gasteiger partial charge in [-0.2, -0.15) is 7.05 Å². The third-order valence-electron chi connectivity index (χ3n) is 1.63. The number of benzene rings is 1. The first-order valence-corrected chi connectivity index (χ1v) is 3.92. The molecule has 60 valence electrons. The van der Waals surface area contributed by atoms with Crippen molar-refractivity contribution in [2.45, 2.75) is 13.5 Å². The maximum Gasteiger partial charge on any atom is 0.0408 e. The number of rotatable bonds is 2. The summed E-state index contributed by atoms with van der Waals surface area (Å²) in [5.74, 6) is 0. The average molecular weight is 169 g/mol. The third kappa shape index (κ3) is 2.21. The predicted molar refractivity (Wildman–Crippen MR) is 49.2 cm³/mol. The highest BCUT2D eigenvalue weighted by Gasteiger charge is 1.92. The maximum absolute atomic E-state index is 5.79. The molecule has 11 heavy (non-hydrogen) atoms. The second-order valence-electron chi connectivity index (χ2n) is 2.55. The number of hydrogen-bond donors (Lipinski definition) is 0. The first kappa shape index (κ1) is 8.57. The lowest BCUT2D eigenvalue weighted by molar-refractivity contribution is 1.15. The van der Waals surface area contributed by atoms with Crippen molar-refractivity contribution in [3.05, 3.63) is 39.7 Å². The Hall–Kier alpha value is -0.530. The van der Waals surface area contributed by atoms with E-state index < -0.39 is 0 Å². The molecule has 1 aromatic rings. The Morgan fingerprint density at radius 3 is 2.73 bits per heavy atom. The fourth-order valence-corrected chi connectivity index (χ4v) is 1.23. The molecule has 0 aliphatic heterocycles. The Morgan fingerprint density at radius 2 is 2.18 bits per heavy atom. The molecule has 0 atom stereocenters. The van der Waals surface area contributed by atoms with E-state index in [-0.39, 0.29) is 0 Å². The van der Waals surface area contributed by atoms with E-state index in [9.17, 15) is 0 Å². The fraction of sp³-hybridized carbons (Fsp3) is 0.333. The van der Waals surface area contributed by atoms with Crippen molar-refractivity contribution < 1.29 is 0 Å². The summed E-state index contributed by atoms with van der Waals surface area (Å²) in [6.07, 6.45) is 0. The molecule has 0 fully saturated rings. The van der Waals surface area contributed by atoms with Crippen LogP contribution in [0.15, 0.2) is 18.2 Å². The zero-order valence-corrected chi connectivity index (χ0v) is 7.52. The molecule has 0 saturated carbocycles. The zero-order valence-electron chi connectivity index (χ0n) is 6.76. The van der Waals surface area contributed by atoms with Gasteiger partial charge in [-0.05, 0) is 24.6 Å². The van der Waals surface area contributed by atoms with Gasteiger partial charge in [0, 0.05) is 5.02 Å². The van der Waals surface area contributed by atoms with Crippen LogP contribution in [-0.4, -0.2) is 7.05 Å². The van der Waals surface area contributed by atoms with Gasteiger partial charge in [-0.15, -0.1) is 6.54 Å². The van der Waals surface area contributed by atoms with E-state index >= 15 is 0 Å². The second-order valence-corrected chi connectivity index (χ2v) is 2.98. The Kier molecular flexibility index (Phi) is 2.92. The van der Waals surface area contributed by atoms with Crippen molar-refractivity contribution in [3.8, 4) is 0 Å². The van der Waals surface area contributed by atoms with Crippen LogP contribution >= 0.6 is 11.6 Å². The SMILES string of the molecule is C[N-]Cc1ccc(Cl)cc1C. The van der Waals surface area contributed by atoms with Crippen LogP contribution in [0.5, 0.6) is 0 Å². The Morgan fingerprint density at radius 1 is 1.45 bits per heavy atom. The van der Waals surface area contributed by atoms with Gasteiger partial charge in [0.2, 0.25) is 0 Å². The molecule has 0 spiro atoms. The Bertz CT molecular complexity index is 245. The predicted octanol–water partition coefficient (Wildman–Crippen LogP) is 3.15. The molecule has 0 aliphatic carbocycles. The van der Waals surface area contributed by atoms with Gasteiger partial charge in [0.1, 0.15) is 0 Å². The van der Waals surface area contributed by atoms with Crippen LogP contribution in [0.2, 0.25) is 5.02 Å². The molecule has 2 heteroatoms. The van der Waals surface area contributed by atoms with Gasteiger partial charge in [0.15, 0.2) is 0 Å². The molecule has 0 bridgehead atoms. The van der Waals surface area contributed by atoms with Gasteiger partial charge in [0.25, 0.3) is 0 Å². The lowest BCUT2D eigenvalue weighted by Crippen LogP contribution is -1.86. The largest absolute Gasteiger partial charge is 0.661 e. The summed E-state index contributed by atoms with van der Waals surface area (Å²) in [6.45, 7) is 2.83. The highest BCUT2D eigenvalue weighted by atomic mass is 35.5. The van der Waals surface area contributed by atoms with E-state index in [4.69, 9.17) is 11.6 Å². The van der Waals surface area contributed by atoms with Gasteiger partial charge in [-0.25, -0.2) is 0 Å². The zero-order chi connectivity index (χ0) is 8.27. The number of aryl methyl sites for hydroxylation is 1. The molecule has 0 saturated heterocycles. The molecule has 1 aromatic carbocycles. The summed E-state index contributed by atoms with van der Waals surface area (Å²) in [7, 11) is 1.81. The quantitative estimate of drug-likeness (QED) is 0.644. The van der Waals surface area contributed by atoms with Gasteiger partial charge >= 0.3 is 0 Å². The van der Waals surface area contributed by atoms with E-state index in [0.29, 0.717) is 0 Å². The molecular formula is C9H11ClN-. The van der Waals surface area contributed by atoms with Crippen LogP contribution in [0.25, 0.3) is 5.32 Å². The second kappa shape index (κ2) is 3.74. The molecule has 0 aliphatic rings. The standard InChI is InChI=1S/C9H11ClN/c1-7-5-9(10)4-3-8(7)6-11-2/h3-5H,6H2,1-2H3/q-1. The van der Waals surface area contributed by atoms with E-state index in [1.807, 2.05) is 32.2 Å². The fourth-order valence-electron chi connectivity index (χ4n) is 1.01. The topological polar surface area (TPSA) is 14.1 Å². The summed E-state index contributed by atoms with van der Waals surface area (Å²) in [5, 5.41) is 4.85. The minimum Gasteiger partial charge on any atom is -0.661 e. The van der Waals surface area contributed by atoms with Crippen molar-refractivity contribution in [2.75, 3.05) is 7.05 Å². The van der Waals surface area contributed by atoms with E-state index in [0.717, 1.165) is 11.6 Å². The molecule has 1 nitrogen and oxygen atoms in total. The van der Waals surface area contributed by atoms with Crippen LogP contribution in [0.4, 0.5) is 0 Å². The van der Waals surface area contributed by atoms with Crippen molar-refractivity contribution >= 4 is 11.6 Å². The maximum atomic E-state index is 5.79. The van der Waals surface area contributed by atoms with Gasteiger partial charge in [0.05, 0.1) is 0 Å². The Labute approximate surface area is 72.4 Å². The normalized spacial score (nSPS) is 10.1. The summed E-state index contributed by atoms with van der Waals surface area (Å²) < 4.78 is 0. The van der Waals surface area contributed by atoms with Gasteiger partial charge < -0.3 is 5.32 Å². The lowest BCUT2D eigenvalue weighted by Gasteiger charge is -2.13. The minimum atomic E-state index is 0.781. The molecule has 0 N–H and O–H groups in total. The van der Waals surface area contributed by atoms with Crippen molar-refractivity contribution in [1.82, 2.24) is 0 Å². The van der Waals surface area contributed by atoms with E-state index in [2.05, 4.69) is 5.32 Å². The molecular weight excluding hydrogens is 158 g/mol. The molecule has 0 unspecified atom stereocenters. The Balaban J connectivity index is 2.90. The number of hydrogen-bond acceptors (Lipinski definition) is 0. The average Bonchev–Trinajstić information content (AvgIpc) is 1.95. The monoisotopic (exact) mass is 168 g/mol. The van der Waals surface area contributed by atoms with Crippen molar-refractivity contribution in [3.63, 3.8) is 0 Å². The molecule has 0 amide bonds. The first-order chi connectivity index (χ1) is 5.24. The lowest BCUT2D eigenvalue weighted by atomic mass is 10.1.